The minimum atomic E-state index is -0.189. The molecule has 3 N–H and O–H groups in total. The molecule has 0 saturated carbocycles. The summed E-state index contributed by atoms with van der Waals surface area (Å²) in [6, 6.07) is 4.36. The van der Waals surface area contributed by atoms with Gasteiger partial charge in [0.1, 0.15) is 5.76 Å². The van der Waals surface area contributed by atoms with E-state index >= 15 is 0 Å². The third-order valence-corrected chi connectivity index (χ3v) is 1.47. The molecule has 0 aliphatic heterocycles. The largest absolute Gasteiger partial charge is 0.509 e. The van der Waals surface area contributed by atoms with Crippen molar-refractivity contribution in [1.82, 2.24) is 0 Å². The summed E-state index contributed by atoms with van der Waals surface area (Å²) in [6.07, 6.45) is 2.97. The predicted octanol–water partition coefficient (Wildman–Crippen LogP) is 2.18. The Labute approximate surface area is 107 Å². The Balaban J connectivity index is 0.00000169. The molecule has 0 spiro atoms. The quantitative estimate of drug-likeness (QED) is 0.437. The van der Waals surface area contributed by atoms with E-state index in [2.05, 4.69) is 6.58 Å². The maximum atomic E-state index is 9.10. The number of aliphatic hydroxyl groups excluding tert-OH is 1. The van der Waals surface area contributed by atoms with Crippen molar-refractivity contribution in [2.24, 2.45) is 0 Å². The van der Waals surface area contributed by atoms with Gasteiger partial charge in [0.05, 0.1) is 0 Å². The Kier molecular flexibility index (Phi) is 5.50. The van der Waals surface area contributed by atoms with Gasteiger partial charge < -0.3 is 15.3 Å². The van der Waals surface area contributed by atoms with E-state index in [4.69, 9.17) is 15.3 Å². The summed E-state index contributed by atoms with van der Waals surface area (Å²) in [4.78, 5) is 0. The molecule has 0 aliphatic carbocycles. The Hall–Kier alpha value is -0.796. The number of aromatic hydroxyl groups is 2. The summed E-state index contributed by atoms with van der Waals surface area (Å²) in [5, 5.41) is 26.8. The van der Waals surface area contributed by atoms with E-state index in [9.17, 15) is 0 Å². The molecule has 4 heteroatoms. The van der Waals surface area contributed by atoms with E-state index in [-0.39, 0.29) is 50.0 Å². The molecule has 1 aromatic carbocycles. The van der Waals surface area contributed by atoms with Gasteiger partial charge in [-0.3, -0.25) is 0 Å². The van der Waals surface area contributed by atoms with E-state index in [1.807, 2.05) is 0 Å². The van der Waals surface area contributed by atoms with Crippen LogP contribution in [0, 0.1) is 0 Å². The van der Waals surface area contributed by atoms with Crippen molar-refractivity contribution in [1.29, 1.82) is 0 Å². The molecular formula is C10H10O3Y. The molecule has 1 rings (SSSR count). The average molecular weight is 267 g/mol. The summed E-state index contributed by atoms with van der Waals surface area (Å²) in [5.74, 6) is -0.418. The molecule has 0 bridgehead atoms. The van der Waals surface area contributed by atoms with E-state index in [0.29, 0.717) is 5.56 Å². The van der Waals surface area contributed by atoms with Gasteiger partial charge in [-0.2, -0.15) is 0 Å². The number of hydrogen-bond donors (Lipinski definition) is 3. The maximum absolute atomic E-state index is 9.10. The zero-order valence-electron chi connectivity index (χ0n) is 7.51. The fourth-order valence-electron chi connectivity index (χ4n) is 0.837. The van der Waals surface area contributed by atoms with Crippen LogP contribution in [0.1, 0.15) is 5.56 Å². The normalized spacial score (nSPS) is 9.71. The molecular weight excluding hydrogens is 257 g/mol. The van der Waals surface area contributed by atoms with Crippen LogP contribution in [0.3, 0.4) is 0 Å². The minimum absolute atomic E-state index is 0. The first kappa shape index (κ1) is 13.2. The third-order valence-electron chi connectivity index (χ3n) is 1.47. The van der Waals surface area contributed by atoms with Gasteiger partial charge in [-0.05, 0) is 23.8 Å². The monoisotopic (exact) mass is 267 g/mol. The Morgan fingerprint density at radius 3 is 2.36 bits per heavy atom. The van der Waals surface area contributed by atoms with Gasteiger partial charge in [0.15, 0.2) is 11.5 Å². The molecule has 14 heavy (non-hydrogen) atoms. The van der Waals surface area contributed by atoms with Gasteiger partial charge in [0.25, 0.3) is 0 Å². The van der Waals surface area contributed by atoms with Crippen molar-refractivity contribution >= 4 is 6.08 Å². The smallest absolute Gasteiger partial charge is 0.157 e. The summed E-state index contributed by atoms with van der Waals surface area (Å²) >= 11 is 0. The van der Waals surface area contributed by atoms with Crippen LogP contribution in [0.25, 0.3) is 6.08 Å². The van der Waals surface area contributed by atoms with Crippen LogP contribution in [-0.2, 0) is 32.7 Å². The van der Waals surface area contributed by atoms with Crippen LogP contribution in [0.4, 0.5) is 0 Å². The van der Waals surface area contributed by atoms with E-state index in [0.717, 1.165) is 0 Å². The van der Waals surface area contributed by atoms with Gasteiger partial charge in [-0.25, -0.2) is 0 Å². The number of hydrogen-bond acceptors (Lipinski definition) is 3. The fraction of sp³-hybridized carbons (Fsp3) is 0. The van der Waals surface area contributed by atoms with Gasteiger partial charge in [-0.1, -0.05) is 18.7 Å². The molecule has 0 unspecified atom stereocenters. The standard InChI is InChI=1S/C10H10O3.Y/c1-7(11)2-3-8-4-5-9(12)10(13)6-8;/h2-6,11-13H,1H2;/b3-2+;. The topological polar surface area (TPSA) is 60.7 Å². The van der Waals surface area contributed by atoms with Crippen LogP contribution in [-0.4, -0.2) is 15.3 Å². The van der Waals surface area contributed by atoms with Crippen molar-refractivity contribution in [3.8, 4) is 11.5 Å². The van der Waals surface area contributed by atoms with Crippen molar-refractivity contribution in [3.63, 3.8) is 0 Å². The molecule has 3 nitrogen and oxygen atoms in total. The first-order chi connectivity index (χ1) is 6.09. The van der Waals surface area contributed by atoms with Crippen LogP contribution in [0.2, 0.25) is 0 Å². The van der Waals surface area contributed by atoms with Crippen LogP contribution >= 0.6 is 0 Å². The van der Waals surface area contributed by atoms with Gasteiger partial charge in [0, 0.05) is 32.7 Å². The van der Waals surface area contributed by atoms with Crippen molar-refractivity contribution in [2.45, 2.75) is 0 Å². The van der Waals surface area contributed by atoms with Crippen molar-refractivity contribution in [2.75, 3.05) is 0 Å². The summed E-state index contributed by atoms with van der Waals surface area (Å²) in [6.45, 7) is 3.27. The van der Waals surface area contributed by atoms with E-state index < -0.39 is 0 Å². The molecule has 0 heterocycles. The molecule has 0 saturated heterocycles. The van der Waals surface area contributed by atoms with Crippen LogP contribution < -0.4 is 0 Å². The van der Waals surface area contributed by atoms with E-state index in [1.165, 1.54) is 18.2 Å². The first-order valence-electron chi connectivity index (χ1n) is 3.67. The second-order valence-electron chi connectivity index (χ2n) is 2.57. The molecule has 1 radical (unpaired) electrons. The Bertz CT molecular complexity index is 358. The molecule has 71 valence electrons. The fourth-order valence-corrected chi connectivity index (χ4v) is 0.837. The van der Waals surface area contributed by atoms with Crippen LogP contribution in [0.5, 0.6) is 11.5 Å². The van der Waals surface area contributed by atoms with E-state index in [1.54, 1.807) is 12.1 Å². The number of rotatable bonds is 2. The Morgan fingerprint density at radius 1 is 1.21 bits per heavy atom. The number of aliphatic hydroxyl groups is 1. The zero-order chi connectivity index (χ0) is 9.84. The number of phenols is 2. The number of allylic oxidation sites excluding steroid dienone is 1. The summed E-state index contributed by atoms with van der Waals surface area (Å²) in [5.41, 5.74) is 0.672. The maximum Gasteiger partial charge on any atom is 0.157 e. The van der Waals surface area contributed by atoms with Gasteiger partial charge in [0.2, 0.25) is 0 Å². The Morgan fingerprint density at radius 2 is 1.86 bits per heavy atom. The third kappa shape index (κ3) is 3.94. The second kappa shape index (κ2) is 5.83. The van der Waals surface area contributed by atoms with Gasteiger partial charge in [-0.15, -0.1) is 0 Å². The molecule has 0 amide bonds. The van der Waals surface area contributed by atoms with Crippen molar-refractivity contribution in [3.05, 3.63) is 42.2 Å². The number of phenolic OH excluding ortho intramolecular Hbond substituents is 2. The molecule has 0 fully saturated rings. The minimum Gasteiger partial charge on any atom is -0.509 e. The molecule has 1 aromatic rings. The zero-order valence-corrected chi connectivity index (χ0v) is 10.4. The molecule has 0 aromatic heterocycles. The SMILES string of the molecule is C=C(O)/C=C/c1ccc(O)c(O)c1.[Y]. The van der Waals surface area contributed by atoms with Crippen LogP contribution in [0.15, 0.2) is 36.6 Å². The summed E-state index contributed by atoms with van der Waals surface area (Å²) in [7, 11) is 0. The summed E-state index contributed by atoms with van der Waals surface area (Å²) < 4.78 is 0. The predicted molar refractivity (Wildman–Crippen MR) is 50.6 cm³/mol. The van der Waals surface area contributed by atoms with Crippen molar-refractivity contribution < 1.29 is 48.0 Å². The molecule has 0 aliphatic rings. The average Bonchev–Trinajstić information content (AvgIpc) is 2.07. The molecule has 0 atom stereocenters. The van der Waals surface area contributed by atoms with Gasteiger partial charge >= 0.3 is 0 Å². The first-order valence-corrected chi connectivity index (χ1v) is 3.67. The number of benzene rings is 1. The second-order valence-corrected chi connectivity index (χ2v) is 2.57.